The Labute approximate surface area is 131 Å². The Hall–Kier alpha value is -1.69. The summed E-state index contributed by atoms with van der Waals surface area (Å²) in [7, 11) is 1.26. The van der Waals surface area contributed by atoms with Crippen LogP contribution in [0.4, 0.5) is 0 Å². The van der Waals surface area contributed by atoms with Crippen LogP contribution < -0.4 is 0 Å². The molecule has 1 amide bonds. The van der Waals surface area contributed by atoms with Gasteiger partial charge in [0.25, 0.3) is 0 Å². The van der Waals surface area contributed by atoms with E-state index >= 15 is 0 Å². The van der Waals surface area contributed by atoms with Gasteiger partial charge in [0.1, 0.15) is 5.92 Å². The number of likely N-dealkylation sites (tertiary alicyclic amines) is 1. The number of methoxy groups -OCH3 is 1. The normalized spacial score (nSPS) is 18.5. The van der Waals surface area contributed by atoms with Gasteiger partial charge in [-0.05, 0) is 18.1 Å². The van der Waals surface area contributed by atoms with Crippen molar-refractivity contribution >= 4 is 33.6 Å². The fraction of sp³-hybridized carbons (Fsp3) is 0.400. The van der Waals surface area contributed by atoms with E-state index in [4.69, 9.17) is 0 Å². The zero-order valence-electron chi connectivity index (χ0n) is 11.7. The third-order valence-electron chi connectivity index (χ3n) is 3.56. The second kappa shape index (κ2) is 6.85. The van der Waals surface area contributed by atoms with Crippen molar-refractivity contribution in [3.8, 4) is 0 Å². The minimum Gasteiger partial charge on any atom is -0.468 e. The van der Waals surface area contributed by atoms with Crippen LogP contribution in [0.25, 0.3) is 0 Å². The molecule has 1 atom stereocenters. The van der Waals surface area contributed by atoms with Crippen LogP contribution in [-0.4, -0.2) is 42.8 Å². The molecular formula is C15H16BrNO4. The quantitative estimate of drug-likeness (QED) is 0.611. The van der Waals surface area contributed by atoms with E-state index in [1.165, 1.54) is 12.0 Å². The van der Waals surface area contributed by atoms with Crippen LogP contribution in [0.2, 0.25) is 0 Å². The summed E-state index contributed by atoms with van der Waals surface area (Å²) in [6.45, 7) is 0.373. The average molecular weight is 354 g/mol. The summed E-state index contributed by atoms with van der Waals surface area (Å²) in [5.41, 5.74) is 0.880. The van der Waals surface area contributed by atoms with Crippen molar-refractivity contribution in [1.82, 2.24) is 4.90 Å². The minimum atomic E-state index is -0.734. The third-order valence-corrected chi connectivity index (χ3v) is 4.33. The summed E-state index contributed by atoms with van der Waals surface area (Å²) in [5, 5.41) is 0. The number of benzene rings is 1. The summed E-state index contributed by atoms with van der Waals surface area (Å²) < 4.78 is 5.47. The summed E-state index contributed by atoms with van der Waals surface area (Å²) in [4.78, 5) is 37.1. The van der Waals surface area contributed by atoms with E-state index in [1.54, 1.807) is 0 Å². The Morgan fingerprint density at radius 1 is 1.38 bits per heavy atom. The highest BCUT2D eigenvalue weighted by Crippen LogP contribution is 2.20. The number of nitrogens with zero attached hydrogens (tertiary/aromatic N) is 1. The number of ketones is 1. The van der Waals surface area contributed by atoms with Gasteiger partial charge in [-0.2, -0.15) is 0 Å². The maximum absolute atomic E-state index is 12.2. The first-order valence-electron chi connectivity index (χ1n) is 6.64. The number of amides is 1. The number of rotatable bonds is 3. The van der Waals surface area contributed by atoms with Gasteiger partial charge in [-0.1, -0.05) is 34.1 Å². The highest BCUT2D eigenvalue weighted by atomic mass is 79.9. The molecule has 1 aromatic rings. The van der Waals surface area contributed by atoms with Crippen LogP contribution in [0.1, 0.15) is 12.0 Å². The number of hydrogen-bond acceptors (Lipinski definition) is 4. The number of piperidine rings is 1. The Balaban J connectivity index is 1.98. The Morgan fingerprint density at radius 3 is 2.71 bits per heavy atom. The fourth-order valence-electron chi connectivity index (χ4n) is 2.34. The van der Waals surface area contributed by atoms with Crippen molar-refractivity contribution < 1.29 is 19.1 Å². The van der Waals surface area contributed by atoms with Crippen molar-refractivity contribution in [2.75, 3.05) is 20.2 Å². The van der Waals surface area contributed by atoms with Crippen LogP contribution in [0.3, 0.4) is 0 Å². The number of esters is 1. The number of halogens is 1. The first-order valence-corrected chi connectivity index (χ1v) is 7.44. The predicted molar refractivity (Wildman–Crippen MR) is 79.6 cm³/mol. The van der Waals surface area contributed by atoms with Crippen molar-refractivity contribution in [2.45, 2.75) is 12.8 Å². The molecule has 0 radical (unpaired) electrons. The molecule has 0 saturated carbocycles. The molecule has 1 heterocycles. The van der Waals surface area contributed by atoms with Crippen molar-refractivity contribution in [1.29, 1.82) is 0 Å². The summed E-state index contributed by atoms with van der Waals surface area (Å²) in [6.07, 6.45) is 0.560. The molecule has 1 aliphatic heterocycles. The lowest BCUT2D eigenvalue weighted by Gasteiger charge is -2.29. The molecule has 0 aromatic heterocycles. The second-order valence-corrected chi connectivity index (χ2v) is 5.77. The number of carbonyl (C=O) groups excluding carboxylic acids is 3. The molecule has 0 aliphatic carbocycles. The first-order chi connectivity index (χ1) is 10.0. The SMILES string of the molecule is COC(=O)C1CCN(C(=O)Cc2ccccc2Br)CC1=O. The van der Waals surface area contributed by atoms with Crippen LogP contribution >= 0.6 is 15.9 Å². The van der Waals surface area contributed by atoms with Gasteiger partial charge in [0.05, 0.1) is 20.1 Å². The minimum absolute atomic E-state index is 0.0247. The molecular weight excluding hydrogens is 338 g/mol. The van der Waals surface area contributed by atoms with Gasteiger partial charge in [-0.3, -0.25) is 14.4 Å². The van der Waals surface area contributed by atoms with Crippen molar-refractivity contribution in [3.63, 3.8) is 0 Å². The van der Waals surface area contributed by atoms with Gasteiger partial charge < -0.3 is 9.64 Å². The summed E-state index contributed by atoms with van der Waals surface area (Å²) in [5.74, 6) is -1.62. The molecule has 2 rings (SSSR count). The van der Waals surface area contributed by atoms with Gasteiger partial charge in [0.15, 0.2) is 5.78 Å². The third kappa shape index (κ3) is 3.69. The van der Waals surface area contributed by atoms with E-state index in [1.807, 2.05) is 24.3 Å². The zero-order chi connectivity index (χ0) is 15.4. The topological polar surface area (TPSA) is 63.7 Å². The maximum Gasteiger partial charge on any atom is 0.316 e. The van der Waals surface area contributed by atoms with E-state index < -0.39 is 11.9 Å². The highest BCUT2D eigenvalue weighted by molar-refractivity contribution is 9.10. The molecule has 1 unspecified atom stereocenters. The Morgan fingerprint density at radius 2 is 2.10 bits per heavy atom. The van der Waals surface area contributed by atoms with Gasteiger partial charge in [0.2, 0.25) is 5.91 Å². The molecule has 1 aromatic carbocycles. The van der Waals surface area contributed by atoms with Crippen LogP contribution in [0, 0.1) is 5.92 Å². The standard InChI is InChI=1S/C15H16BrNO4/c1-21-15(20)11-6-7-17(9-13(11)18)14(19)8-10-4-2-3-5-12(10)16/h2-5,11H,6-9H2,1H3. The lowest BCUT2D eigenvalue weighted by molar-refractivity contribution is -0.154. The van der Waals surface area contributed by atoms with Crippen LogP contribution in [-0.2, 0) is 25.5 Å². The number of Topliss-reactive ketones (excluding diaryl/α,β-unsaturated/α-hetero) is 1. The first kappa shape index (κ1) is 15.7. The molecule has 1 aliphatic rings. The molecule has 1 fully saturated rings. The van der Waals surface area contributed by atoms with E-state index in [2.05, 4.69) is 20.7 Å². The Bertz CT molecular complexity index is 573. The van der Waals surface area contributed by atoms with Gasteiger partial charge in [-0.25, -0.2) is 0 Å². The van der Waals surface area contributed by atoms with Crippen molar-refractivity contribution in [3.05, 3.63) is 34.3 Å². The molecule has 21 heavy (non-hydrogen) atoms. The van der Waals surface area contributed by atoms with E-state index in [9.17, 15) is 14.4 Å². The molecule has 112 valence electrons. The van der Waals surface area contributed by atoms with E-state index in [0.29, 0.717) is 13.0 Å². The average Bonchev–Trinajstić information content (AvgIpc) is 2.48. The Kier molecular flexibility index (Phi) is 5.12. The summed E-state index contributed by atoms with van der Waals surface area (Å²) >= 11 is 3.40. The van der Waals surface area contributed by atoms with Crippen molar-refractivity contribution in [2.24, 2.45) is 5.92 Å². The smallest absolute Gasteiger partial charge is 0.316 e. The maximum atomic E-state index is 12.2. The lowest BCUT2D eigenvalue weighted by atomic mass is 9.95. The zero-order valence-corrected chi connectivity index (χ0v) is 13.3. The van der Waals surface area contributed by atoms with Gasteiger partial charge >= 0.3 is 5.97 Å². The lowest BCUT2D eigenvalue weighted by Crippen LogP contribution is -2.47. The van der Waals surface area contributed by atoms with Gasteiger partial charge in [0, 0.05) is 11.0 Å². The predicted octanol–water partition coefficient (Wildman–Crippen LogP) is 1.58. The van der Waals surface area contributed by atoms with Gasteiger partial charge in [-0.15, -0.1) is 0 Å². The number of hydrogen-bond donors (Lipinski definition) is 0. The number of carbonyl (C=O) groups is 3. The number of ether oxygens (including phenoxy) is 1. The van der Waals surface area contributed by atoms with E-state index in [-0.39, 0.29) is 24.7 Å². The second-order valence-electron chi connectivity index (χ2n) is 4.91. The molecule has 0 bridgehead atoms. The molecule has 0 N–H and O–H groups in total. The van der Waals surface area contributed by atoms with E-state index in [0.717, 1.165) is 10.0 Å². The monoisotopic (exact) mass is 353 g/mol. The van der Waals surface area contributed by atoms with Crippen LogP contribution in [0.15, 0.2) is 28.7 Å². The molecule has 0 spiro atoms. The molecule has 1 saturated heterocycles. The summed E-state index contributed by atoms with van der Waals surface area (Å²) in [6, 6.07) is 7.48. The fourth-order valence-corrected chi connectivity index (χ4v) is 2.77. The van der Waals surface area contributed by atoms with Crippen LogP contribution in [0.5, 0.6) is 0 Å². The largest absolute Gasteiger partial charge is 0.468 e. The highest BCUT2D eigenvalue weighted by Gasteiger charge is 2.34. The molecule has 5 nitrogen and oxygen atoms in total. The molecule has 6 heteroatoms.